The Labute approximate surface area is 97.8 Å². The van der Waals surface area contributed by atoms with Gasteiger partial charge in [-0.15, -0.1) is 0 Å². The molecule has 0 atom stereocenters. The Kier molecular flexibility index (Phi) is 5.57. The van der Waals surface area contributed by atoms with Crippen molar-refractivity contribution in [1.82, 2.24) is 4.90 Å². The lowest BCUT2D eigenvalue weighted by molar-refractivity contribution is 0.403. The molecule has 0 aliphatic rings. The smallest absolute Gasteiger partial charge is 0.127 e. The van der Waals surface area contributed by atoms with Crippen LogP contribution >= 0.6 is 0 Å². The lowest BCUT2D eigenvalue weighted by Crippen LogP contribution is -2.13. The number of aliphatic imine (C=N–C) groups is 1. The van der Waals surface area contributed by atoms with Gasteiger partial charge in [-0.1, -0.05) is 12.1 Å². The van der Waals surface area contributed by atoms with Crippen molar-refractivity contribution in [3.8, 4) is 5.75 Å². The van der Waals surface area contributed by atoms with Crippen molar-refractivity contribution in [1.29, 1.82) is 0 Å². The van der Waals surface area contributed by atoms with Crippen LogP contribution in [0.15, 0.2) is 29.3 Å². The minimum atomic E-state index is 0.857. The maximum atomic E-state index is 5.24. The topological polar surface area (TPSA) is 24.8 Å². The fourth-order valence-electron chi connectivity index (χ4n) is 1.41. The molecule has 1 aromatic rings. The van der Waals surface area contributed by atoms with Gasteiger partial charge in [-0.3, -0.25) is 4.99 Å². The van der Waals surface area contributed by atoms with Crippen LogP contribution in [0, 0.1) is 0 Å². The summed E-state index contributed by atoms with van der Waals surface area (Å²) in [6, 6.07) is 7.90. The molecule has 0 amide bonds. The number of hydrogen-bond donors (Lipinski definition) is 0. The van der Waals surface area contributed by atoms with E-state index >= 15 is 0 Å². The molecule has 88 valence electrons. The van der Waals surface area contributed by atoms with Crippen molar-refractivity contribution in [2.75, 3.05) is 34.3 Å². The van der Waals surface area contributed by atoms with Gasteiger partial charge in [-0.05, 0) is 39.2 Å². The molecule has 3 heteroatoms. The van der Waals surface area contributed by atoms with Crippen molar-refractivity contribution in [2.24, 2.45) is 4.99 Å². The van der Waals surface area contributed by atoms with Crippen LogP contribution in [0.25, 0.3) is 0 Å². The van der Waals surface area contributed by atoms with E-state index in [1.807, 2.05) is 30.5 Å². The van der Waals surface area contributed by atoms with Gasteiger partial charge in [0.15, 0.2) is 0 Å². The van der Waals surface area contributed by atoms with Crippen molar-refractivity contribution >= 4 is 6.21 Å². The number of nitrogens with zero attached hydrogens (tertiary/aromatic N) is 2. The highest BCUT2D eigenvalue weighted by Crippen LogP contribution is 2.14. The standard InChI is InChI=1S/C13H20N2O/c1-15(2)10-6-9-14-11-12-7-4-5-8-13(12)16-3/h4-5,7-8,11H,6,9-10H2,1-3H3. The van der Waals surface area contributed by atoms with Crippen LogP contribution < -0.4 is 4.74 Å². The SMILES string of the molecule is COc1ccccc1C=NCCCN(C)C. The first-order chi connectivity index (χ1) is 7.74. The molecule has 0 N–H and O–H groups in total. The summed E-state index contributed by atoms with van der Waals surface area (Å²) in [5, 5.41) is 0. The Morgan fingerprint density at radius 3 is 2.75 bits per heavy atom. The van der Waals surface area contributed by atoms with E-state index in [1.165, 1.54) is 0 Å². The van der Waals surface area contributed by atoms with E-state index in [9.17, 15) is 0 Å². The number of rotatable bonds is 6. The van der Waals surface area contributed by atoms with Crippen LogP contribution in [-0.2, 0) is 0 Å². The zero-order valence-electron chi connectivity index (χ0n) is 10.3. The Morgan fingerprint density at radius 2 is 2.06 bits per heavy atom. The Hall–Kier alpha value is -1.35. The highest BCUT2D eigenvalue weighted by atomic mass is 16.5. The summed E-state index contributed by atoms with van der Waals surface area (Å²) >= 11 is 0. The highest BCUT2D eigenvalue weighted by Gasteiger charge is 1.96. The molecule has 0 fully saturated rings. The summed E-state index contributed by atoms with van der Waals surface area (Å²) in [4.78, 5) is 6.56. The van der Waals surface area contributed by atoms with Gasteiger partial charge in [0.2, 0.25) is 0 Å². The Bertz CT molecular complexity index is 334. The molecule has 0 aliphatic carbocycles. The van der Waals surface area contributed by atoms with Crippen LogP contribution in [-0.4, -0.2) is 45.4 Å². The zero-order chi connectivity index (χ0) is 11.8. The van der Waals surface area contributed by atoms with E-state index in [-0.39, 0.29) is 0 Å². The summed E-state index contributed by atoms with van der Waals surface area (Å²) in [5.74, 6) is 0.874. The molecular formula is C13H20N2O. The van der Waals surface area contributed by atoms with E-state index in [4.69, 9.17) is 4.74 Å². The summed E-state index contributed by atoms with van der Waals surface area (Å²) in [6.45, 7) is 1.93. The van der Waals surface area contributed by atoms with Crippen molar-refractivity contribution < 1.29 is 4.74 Å². The van der Waals surface area contributed by atoms with E-state index in [0.29, 0.717) is 0 Å². The lowest BCUT2D eigenvalue weighted by Gasteiger charge is -2.06. The molecule has 0 heterocycles. The molecular weight excluding hydrogens is 200 g/mol. The summed E-state index contributed by atoms with van der Waals surface area (Å²) in [6.07, 6.45) is 2.97. The van der Waals surface area contributed by atoms with Crippen molar-refractivity contribution in [3.63, 3.8) is 0 Å². The Balaban J connectivity index is 2.43. The lowest BCUT2D eigenvalue weighted by atomic mass is 10.2. The second-order valence-electron chi connectivity index (χ2n) is 3.93. The van der Waals surface area contributed by atoms with Crippen LogP contribution in [0.4, 0.5) is 0 Å². The molecule has 1 aromatic carbocycles. The van der Waals surface area contributed by atoms with Gasteiger partial charge in [0.1, 0.15) is 5.75 Å². The third-order valence-electron chi connectivity index (χ3n) is 2.26. The molecule has 0 aromatic heterocycles. The first kappa shape index (κ1) is 12.7. The number of benzene rings is 1. The Morgan fingerprint density at radius 1 is 1.31 bits per heavy atom. The van der Waals surface area contributed by atoms with E-state index in [1.54, 1.807) is 7.11 Å². The number of methoxy groups -OCH3 is 1. The molecule has 3 nitrogen and oxygen atoms in total. The molecule has 0 spiro atoms. The fourth-order valence-corrected chi connectivity index (χ4v) is 1.41. The second-order valence-corrected chi connectivity index (χ2v) is 3.93. The van der Waals surface area contributed by atoms with Gasteiger partial charge in [0.05, 0.1) is 7.11 Å². The maximum absolute atomic E-state index is 5.24. The minimum absolute atomic E-state index is 0.857. The molecule has 0 saturated heterocycles. The normalized spacial score (nSPS) is 11.2. The number of hydrogen-bond acceptors (Lipinski definition) is 3. The second kappa shape index (κ2) is 7.01. The fraction of sp³-hybridized carbons (Fsp3) is 0.462. The number of para-hydroxylation sites is 1. The van der Waals surface area contributed by atoms with Gasteiger partial charge in [-0.25, -0.2) is 0 Å². The van der Waals surface area contributed by atoms with Gasteiger partial charge in [0, 0.05) is 18.3 Å². The predicted molar refractivity (Wildman–Crippen MR) is 68.6 cm³/mol. The number of ether oxygens (including phenoxy) is 1. The monoisotopic (exact) mass is 220 g/mol. The third kappa shape index (κ3) is 4.45. The van der Waals surface area contributed by atoms with E-state index < -0.39 is 0 Å². The van der Waals surface area contributed by atoms with E-state index in [0.717, 1.165) is 30.8 Å². The molecule has 0 saturated carbocycles. The average molecular weight is 220 g/mol. The molecule has 16 heavy (non-hydrogen) atoms. The quantitative estimate of drug-likeness (QED) is 0.541. The maximum Gasteiger partial charge on any atom is 0.127 e. The van der Waals surface area contributed by atoms with Gasteiger partial charge < -0.3 is 9.64 Å². The summed E-state index contributed by atoms with van der Waals surface area (Å²) in [5.41, 5.74) is 1.04. The third-order valence-corrected chi connectivity index (χ3v) is 2.26. The molecule has 0 aliphatic heterocycles. The van der Waals surface area contributed by atoms with Gasteiger partial charge >= 0.3 is 0 Å². The summed E-state index contributed by atoms with van der Waals surface area (Å²) in [7, 11) is 5.83. The van der Waals surface area contributed by atoms with Crippen LogP contribution in [0.1, 0.15) is 12.0 Å². The zero-order valence-corrected chi connectivity index (χ0v) is 10.3. The van der Waals surface area contributed by atoms with Crippen LogP contribution in [0.3, 0.4) is 0 Å². The van der Waals surface area contributed by atoms with Crippen LogP contribution in [0.2, 0.25) is 0 Å². The largest absolute Gasteiger partial charge is 0.496 e. The predicted octanol–water partition coefficient (Wildman–Crippen LogP) is 2.07. The molecule has 0 radical (unpaired) electrons. The average Bonchev–Trinajstić information content (AvgIpc) is 2.29. The van der Waals surface area contributed by atoms with E-state index in [2.05, 4.69) is 24.0 Å². The van der Waals surface area contributed by atoms with Crippen molar-refractivity contribution in [3.05, 3.63) is 29.8 Å². The molecule has 1 rings (SSSR count). The van der Waals surface area contributed by atoms with Gasteiger partial charge in [0.25, 0.3) is 0 Å². The molecule has 0 unspecified atom stereocenters. The highest BCUT2D eigenvalue weighted by molar-refractivity contribution is 5.83. The van der Waals surface area contributed by atoms with Gasteiger partial charge in [-0.2, -0.15) is 0 Å². The first-order valence-electron chi connectivity index (χ1n) is 5.51. The molecule has 0 bridgehead atoms. The van der Waals surface area contributed by atoms with Crippen LogP contribution in [0.5, 0.6) is 5.75 Å². The summed E-state index contributed by atoms with van der Waals surface area (Å²) < 4.78 is 5.24. The van der Waals surface area contributed by atoms with Crippen molar-refractivity contribution in [2.45, 2.75) is 6.42 Å². The minimum Gasteiger partial charge on any atom is -0.496 e. The first-order valence-corrected chi connectivity index (χ1v) is 5.51.